The minimum Gasteiger partial charge on any atom is -0.369 e. The standard InChI is InChI=1S/C13H12ClFN4O3S/c1-19(2)8-17-12-11(15)7-16-13(18-12)22-23(20,21)10-5-3-9(14)4-6-10/h3-8H,1-2H3/b17-8+. The molecule has 0 saturated carbocycles. The van der Waals surface area contributed by atoms with Gasteiger partial charge in [0.1, 0.15) is 4.90 Å². The first-order valence-electron chi connectivity index (χ1n) is 6.21. The summed E-state index contributed by atoms with van der Waals surface area (Å²) in [6.07, 6.45) is 2.09. The van der Waals surface area contributed by atoms with E-state index < -0.39 is 21.9 Å². The average molecular weight is 359 g/mol. The van der Waals surface area contributed by atoms with Crippen molar-refractivity contribution < 1.29 is 17.0 Å². The van der Waals surface area contributed by atoms with Crippen LogP contribution in [0.1, 0.15) is 0 Å². The lowest BCUT2D eigenvalue weighted by Crippen LogP contribution is -2.12. The molecule has 23 heavy (non-hydrogen) atoms. The van der Waals surface area contributed by atoms with Gasteiger partial charge in [-0.3, -0.25) is 0 Å². The number of hydrogen-bond acceptors (Lipinski definition) is 6. The molecule has 0 aliphatic carbocycles. The number of benzene rings is 1. The minimum absolute atomic E-state index is 0.131. The highest BCUT2D eigenvalue weighted by atomic mass is 35.5. The number of halogens is 2. The third kappa shape index (κ3) is 4.60. The van der Waals surface area contributed by atoms with Gasteiger partial charge in [-0.1, -0.05) is 11.6 Å². The molecular weight excluding hydrogens is 347 g/mol. The Morgan fingerprint density at radius 2 is 1.96 bits per heavy atom. The molecule has 2 aromatic rings. The zero-order chi connectivity index (χ0) is 17.0. The van der Waals surface area contributed by atoms with Crippen molar-refractivity contribution in [2.24, 2.45) is 4.99 Å². The normalized spacial score (nSPS) is 11.7. The molecule has 0 spiro atoms. The van der Waals surface area contributed by atoms with Gasteiger partial charge in [-0.05, 0) is 24.3 Å². The molecule has 2 rings (SSSR count). The van der Waals surface area contributed by atoms with Crippen molar-refractivity contribution in [1.82, 2.24) is 14.9 Å². The molecule has 0 amide bonds. The predicted octanol–water partition coefficient (Wildman–Crippen LogP) is 2.26. The maximum Gasteiger partial charge on any atom is 0.341 e. The molecule has 0 aliphatic rings. The summed E-state index contributed by atoms with van der Waals surface area (Å²) in [6, 6.07) is 4.80. The summed E-state index contributed by atoms with van der Waals surface area (Å²) in [6.45, 7) is 0. The molecule has 0 aliphatic heterocycles. The second-order valence-corrected chi connectivity index (χ2v) is 6.51. The lowest BCUT2D eigenvalue weighted by Gasteiger charge is -2.06. The van der Waals surface area contributed by atoms with Crippen LogP contribution in [0.3, 0.4) is 0 Å². The summed E-state index contributed by atoms with van der Waals surface area (Å²) in [7, 11) is -0.788. The maximum atomic E-state index is 13.5. The number of aliphatic imine (C=N–C) groups is 1. The van der Waals surface area contributed by atoms with E-state index in [-0.39, 0.29) is 10.7 Å². The molecule has 1 aromatic carbocycles. The van der Waals surface area contributed by atoms with E-state index in [2.05, 4.69) is 15.0 Å². The van der Waals surface area contributed by atoms with Crippen molar-refractivity contribution in [2.75, 3.05) is 14.1 Å². The molecule has 10 heteroatoms. The van der Waals surface area contributed by atoms with Gasteiger partial charge in [0.15, 0.2) is 11.6 Å². The second kappa shape index (κ2) is 6.88. The van der Waals surface area contributed by atoms with E-state index in [1.54, 1.807) is 19.0 Å². The van der Waals surface area contributed by atoms with Gasteiger partial charge in [-0.15, -0.1) is 0 Å². The molecule has 0 saturated heterocycles. The fourth-order valence-electron chi connectivity index (χ4n) is 1.39. The lowest BCUT2D eigenvalue weighted by atomic mass is 10.4. The van der Waals surface area contributed by atoms with E-state index in [1.165, 1.54) is 30.6 Å². The van der Waals surface area contributed by atoms with Gasteiger partial charge in [-0.25, -0.2) is 9.38 Å². The maximum absolute atomic E-state index is 13.5. The Labute approximate surface area is 137 Å². The van der Waals surface area contributed by atoms with Crippen LogP contribution in [0.2, 0.25) is 5.02 Å². The first-order chi connectivity index (χ1) is 10.8. The van der Waals surface area contributed by atoms with Gasteiger partial charge in [0, 0.05) is 19.1 Å². The average Bonchev–Trinajstić information content (AvgIpc) is 2.48. The predicted molar refractivity (Wildman–Crippen MR) is 83.1 cm³/mol. The zero-order valence-corrected chi connectivity index (χ0v) is 13.7. The Kier molecular flexibility index (Phi) is 5.12. The van der Waals surface area contributed by atoms with Crippen molar-refractivity contribution >= 4 is 33.9 Å². The minimum atomic E-state index is -4.16. The van der Waals surface area contributed by atoms with Crippen molar-refractivity contribution in [3.05, 3.63) is 41.3 Å². The van der Waals surface area contributed by atoms with Crippen LogP contribution in [0.5, 0.6) is 6.01 Å². The van der Waals surface area contributed by atoms with Gasteiger partial charge in [-0.2, -0.15) is 18.4 Å². The molecular formula is C13H12ClFN4O3S. The number of rotatable bonds is 5. The fraction of sp³-hybridized carbons (Fsp3) is 0.154. The molecule has 0 N–H and O–H groups in total. The van der Waals surface area contributed by atoms with Gasteiger partial charge < -0.3 is 9.08 Å². The molecule has 0 bridgehead atoms. The molecule has 0 radical (unpaired) electrons. The Bertz CT molecular complexity index is 826. The highest BCUT2D eigenvalue weighted by molar-refractivity contribution is 7.87. The van der Waals surface area contributed by atoms with Crippen molar-refractivity contribution in [3.63, 3.8) is 0 Å². The van der Waals surface area contributed by atoms with Crippen LogP contribution in [0.25, 0.3) is 0 Å². The SMILES string of the molecule is CN(C)/C=N/c1nc(OS(=O)(=O)c2ccc(Cl)cc2)ncc1F. The number of nitrogens with zero attached hydrogens (tertiary/aromatic N) is 4. The van der Waals surface area contributed by atoms with Gasteiger partial charge in [0.05, 0.1) is 12.5 Å². The third-order valence-corrected chi connectivity index (χ3v) is 3.87. The highest BCUT2D eigenvalue weighted by Crippen LogP contribution is 2.20. The molecule has 1 aromatic heterocycles. The fourth-order valence-corrected chi connectivity index (χ4v) is 2.36. The van der Waals surface area contributed by atoms with Crippen molar-refractivity contribution in [3.8, 4) is 6.01 Å². The van der Waals surface area contributed by atoms with E-state index in [4.69, 9.17) is 15.8 Å². The Morgan fingerprint density at radius 1 is 1.30 bits per heavy atom. The monoisotopic (exact) mass is 358 g/mol. The quantitative estimate of drug-likeness (QED) is 0.463. The van der Waals surface area contributed by atoms with Crippen LogP contribution >= 0.6 is 11.6 Å². The summed E-state index contributed by atoms with van der Waals surface area (Å²) in [4.78, 5) is 12.3. The molecule has 0 unspecified atom stereocenters. The van der Waals surface area contributed by atoms with Crippen LogP contribution in [-0.2, 0) is 10.1 Å². The Balaban J connectivity index is 2.29. The number of aromatic nitrogens is 2. The summed E-state index contributed by atoms with van der Waals surface area (Å²) >= 11 is 5.70. The summed E-state index contributed by atoms with van der Waals surface area (Å²) in [5.41, 5.74) is 0. The summed E-state index contributed by atoms with van der Waals surface area (Å²) in [5.74, 6) is -1.14. The zero-order valence-electron chi connectivity index (χ0n) is 12.1. The topological polar surface area (TPSA) is 84.8 Å². The largest absolute Gasteiger partial charge is 0.369 e. The lowest BCUT2D eigenvalue weighted by molar-refractivity contribution is 0.460. The van der Waals surface area contributed by atoms with Crippen LogP contribution in [0.15, 0.2) is 40.4 Å². The van der Waals surface area contributed by atoms with Crippen LogP contribution in [-0.4, -0.2) is 43.7 Å². The molecule has 0 fully saturated rings. The van der Waals surface area contributed by atoms with Gasteiger partial charge in [0.25, 0.3) is 0 Å². The first-order valence-corrected chi connectivity index (χ1v) is 8.00. The molecule has 7 nitrogen and oxygen atoms in total. The highest BCUT2D eigenvalue weighted by Gasteiger charge is 2.19. The van der Waals surface area contributed by atoms with E-state index in [0.29, 0.717) is 5.02 Å². The summed E-state index contributed by atoms with van der Waals surface area (Å²) in [5, 5.41) is 0.377. The van der Waals surface area contributed by atoms with E-state index >= 15 is 0 Å². The Morgan fingerprint density at radius 3 is 2.57 bits per heavy atom. The molecule has 122 valence electrons. The van der Waals surface area contributed by atoms with Crippen molar-refractivity contribution in [1.29, 1.82) is 0 Å². The van der Waals surface area contributed by atoms with E-state index in [9.17, 15) is 12.8 Å². The van der Waals surface area contributed by atoms with Crippen molar-refractivity contribution in [2.45, 2.75) is 4.90 Å². The first kappa shape index (κ1) is 17.1. The van der Waals surface area contributed by atoms with E-state index in [1.807, 2.05) is 0 Å². The molecule has 0 atom stereocenters. The van der Waals surface area contributed by atoms with E-state index in [0.717, 1.165) is 6.20 Å². The molecule has 1 heterocycles. The third-order valence-electron chi connectivity index (χ3n) is 2.40. The van der Waals surface area contributed by atoms with Crippen LogP contribution in [0.4, 0.5) is 10.2 Å². The Hall–Kier alpha value is -2.26. The number of hydrogen-bond donors (Lipinski definition) is 0. The van der Waals surface area contributed by atoms with Gasteiger partial charge in [0.2, 0.25) is 0 Å². The van der Waals surface area contributed by atoms with Crippen LogP contribution in [0, 0.1) is 5.82 Å². The van der Waals surface area contributed by atoms with Gasteiger partial charge >= 0.3 is 16.1 Å². The summed E-state index contributed by atoms with van der Waals surface area (Å²) < 4.78 is 42.5. The smallest absolute Gasteiger partial charge is 0.341 e. The van der Waals surface area contributed by atoms with Crippen LogP contribution < -0.4 is 4.18 Å². The second-order valence-electron chi connectivity index (χ2n) is 4.52.